The van der Waals surface area contributed by atoms with Gasteiger partial charge < -0.3 is 29.0 Å². The number of epoxide rings is 1. The second-order valence-electron chi connectivity index (χ2n) is 14.2. The molecule has 8 rings (SSSR count). The number of benzene rings is 1. The lowest BCUT2D eigenvalue weighted by Crippen LogP contribution is -2.77. The van der Waals surface area contributed by atoms with Crippen LogP contribution in [0.25, 0.3) is 10.9 Å². The molecule has 3 aliphatic heterocycles. The number of H-pyrrole nitrogens is 1. The molecule has 10 atom stereocenters. The molecule has 2 saturated carbocycles. The minimum absolute atomic E-state index is 0.165. The van der Waals surface area contributed by atoms with Crippen LogP contribution in [0.1, 0.15) is 78.5 Å². The molecule has 1 aromatic carbocycles. The van der Waals surface area contributed by atoms with E-state index in [4.69, 9.17) is 18.9 Å². The third-order valence-corrected chi connectivity index (χ3v) is 12.0. The maximum atomic E-state index is 13.1. The molecule has 1 spiro atoms. The molecule has 38 heavy (non-hydrogen) atoms. The van der Waals surface area contributed by atoms with Crippen molar-refractivity contribution in [2.75, 3.05) is 0 Å². The normalized spacial score (nSPS) is 49.7. The van der Waals surface area contributed by atoms with Crippen LogP contribution in [-0.4, -0.2) is 57.6 Å². The van der Waals surface area contributed by atoms with Crippen LogP contribution in [0.3, 0.4) is 0 Å². The molecule has 1 aromatic heterocycles. The Kier molecular flexibility index (Phi) is 4.53. The number of allylic oxidation sites excluding steroid dienone is 1. The Morgan fingerprint density at radius 3 is 2.58 bits per heavy atom. The Labute approximate surface area is 225 Å². The van der Waals surface area contributed by atoms with Gasteiger partial charge in [0.2, 0.25) is 0 Å². The molecule has 5 fully saturated rings. The Morgan fingerprint density at radius 1 is 1.00 bits per heavy atom. The van der Waals surface area contributed by atoms with E-state index >= 15 is 0 Å². The molecule has 6 heteroatoms. The molecule has 0 amide bonds. The summed E-state index contributed by atoms with van der Waals surface area (Å²) in [4.78, 5) is 3.84. The van der Waals surface area contributed by atoms with Gasteiger partial charge in [-0.3, -0.25) is 0 Å². The molecule has 4 heterocycles. The Balaban J connectivity index is 1.22. The number of hydrogen-bond donors (Lipinski definition) is 2. The highest BCUT2D eigenvalue weighted by Crippen LogP contribution is 2.75. The molecule has 2 N–H and O–H groups in total. The number of hydrogen-bond acceptors (Lipinski definition) is 5. The zero-order valence-electron chi connectivity index (χ0n) is 23.5. The summed E-state index contributed by atoms with van der Waals surface area (Å²) >= 11 is 0. The van der Waals surface area contributed by atoms with Gasteiger partial charge in [-0.05, 0) is 83.4 Å². The van der Waals surface area contributed by atoms with E-state index in [1.165, 1.54) is 22.2 Å². The minimum Gasteiger partial charge on any atom is -0.386 e. The van der Waals surface area contributed by atoms with Crippen molar-refractivity contribution in [2.45, 2.75) is 127 Å². The van der Waals surface area contributed by atoms with Crippen molar-refractivity contribution >= 4 is 10.9 Å². The van der Waals surface area contributed by atoms with Crippen molar-refractivity contribution in [3.05, 3.63) is 47.2 Å². The fraction of sp³-hybridized carbons (Fsp3) is 0.688. The lowest BCUT2D eigenvalue weighted by molar-refractivity contribution is -0.343. The number of nitrogens with one attached hydrogen (secondary N) is 1. The van der Waals surface area contributed by atoms with Crippen molar-refractivity contribution in [2.24, 2.45) is 11.3 Å². The molecule has 0 radical (unpaired) electrons. The molecule has 2 aromatic rings. The zero-order valence-corrected chi connectivity index (χ0v) is 23.5. The van der Waals surface area contributed by atoms with Crippen molar-refractivity contribution < 1.29 is 24.1 Å². The van der Waals surface area contributed by atoms with Crippen molar-refractivity contribution in [1.29, 1.82) is 0 Å². The van der Waals surface area contributed by atoms with Gasteiger partial charge in [-0.15, -0.1) is 0 Å². The van der Waals surface area contributed by atoms with Crippen LogP contribution in [0.15, 0.2) is 35.9 Å². The molecule has 204 valence electrons. The second-order valence-corrected chi connectivity index (χ2v) is 14.2. The summed E-state index contributed by atoms with van der Waals surface area (Å²) in [5.74, 6) is 0.501. The van der Waals surface area contributed by atoms with Gasteiger partial charge in [0.15, 0.2) is 11.9 Å². The maximum Gasteiger partial charge on any atom is 0.178 e. The van der Waals surface area contributed by atoms with Crippen LogP contribution in [0, 0.1) is 11.3 Å². The summed E-state index contributed by atoms with van der Waals surface area (Å²) < 4.78 is 26.5. The third-order valence-electron chi connectivity index (χ3n) is 12.0. The van der Waals surface area contributed by atoms with E-state index in [0.29, 0.717) is 5.92 Å². The van der Waals surface area contributed by atoms with Gasteiger partial charge in [-0.2, -0.15) is 0 Å². The first kappa shape index (κ1) is 24.1. The predicted molar refractivity (Wildman–Crippen MR) is 144 cm³/mol. The van der Waals surface area contributed by atoms with Gasteiger partial charge in [0.25, 0.3) is 0 Å². The molecule has 0 unspecified atom stereocenters. The average molecular weight is 520 g/mol. The summed E-state index contributed by atoms with van der Waals surface area (Å²) in [5.41, 5.74) is 2.31. The SMILES string of the molecule is CC(C)=C[C@@H]1O[C@H]2[C@H]3O[C@@]34[C@@H](CC[C@@]3(C)[C@]4(O)CC[C@H]4Cc5c([nH]c6ccccc56)[C@]43C)O[C@@H]2C(C)(C)O1. The van der Waals surface area contributed by atoms with Gasteiger partial charge in [-0.25, -0.2) is 0 Å². The summed E-state index contributed by atoms with van der Waals surface area (Å²) in [7, 11) is 0. The van der Waals surface area contributed by atoms with Crippen LogP contribution in [0.5, 0.6) is 0 Å². The first-order valence-corrected chi connectivity index (χ1v) is 14.6. The highest BCUT2D eigenvalue weighted by atomic mass is 16.8. The number of para-hydroxylation sites is 1. The lowest BCUT2D eigenvalue weighted by atomic mass is 9.40. The molecular weight excluding hydrogens is 478 g/mol. The highest BCUT2D eigenvalue weighted by Gasteiger charge is 2.87. The number of aliphatic hydroxyl groups is 1. The smallest absolute Gasteiger partial charge is 0.178 e. The van der Waals surface area contributed by atoms with Crippen LogP contribution < -0.4 is 0 Å². The summed E-state index contributed by atoms with van der Waals surface area (Å²) in [6, 6.07) is 8.67. The summed E-state index contributed by atoms with van der Waals surface area (Å²) in [5, 5.41) is 14.4. The maximum absolute atomic E-state index is 13.1. The molecule has 6 aliphatic rings. The van der Waals surface area contributed by atoms with Gasteiger partial charge in [0.1, 0.15) is 23.9 Å². The number of aromatic amines is 1. The minimum atomic E-state index is -1.01. The van der Waals surface area contributed by atoms with E-state index in [1.54, 1.807) is 0 Å². The van der Waals surface area contributed by atoms with Crippen molar-refractivity contribution in [3.8, 4) is 0 Å². The average Bonchev–Trinajstić information content (AvgIpc) is 3.43. The van der Waals surface area contributed by atoms with Gasteiger partial charge >= 0.3 is 0 Å². The first-order chi connectivity index (χ1) is 18.0. The van der Waals surface area contributed by atoms with E-state index in [-0.39, 0.29) is 35.2 Å². The lowest BCUT2D eigenvalue weighted by Gasteiger charge is -2.66. The Hall–Kier alpha value is -1.70. The van der Waals surface area contributed by atoms with E-state index < -0.39 is 23.1 Å². The van der Waals surface area contributed by atoms with E-state index in [0.717, 1.165) is 37.7 Å². The molecule has 6 nitrogen and oxygen atoms in total. The van der Waals surface area contributed by atoms with Gasteiger partial charge in [-0.1, -0.05) is 37.6 Å². The number of fused-ring (bicyclic) bond motifs is 9. The number of aromatic nitrogens is 1. The first-order valence-electron chi connectivity index (χ1n) is 14.6. The van der Waals surface area contributed by atoms with Crippen LogP contribution in [-0.2, 0) is 30.8 Å². The van der Waals surface area contributed by atoms with Gasteiger partial charge in [0.05, 0.1) is 11.7 Å². The quantitative estimate of drug-likeness (QED) is 0.394. The van der Waals surface area contributed by atoms with Crippen LogP contribution in [0.2, 0.25) is 0 Å². The summed E-state index contributed by atoms with van der Waals surface area (Å²) in [6.07, 6.45) is 5.25. The van der Waals surface area contributed by atoms with Crippen LogP contribution >= 0.6 is 0 Å². The zero-order chi connectivity index (χ0) is 26.5. The molecule has 0 bridgehead atoms. The second kappa shape index (κ2) is 7.13. The van der Waals surface area contributed by atoms with Crippen molar-refractivity contribution in [1.82, 2.24) is 4.98 Å². The van der Waals surface area contributed by atoms with Crippen molar-refractivity contribution in [3.63, 3.8) is 0 Å². The fourth-order valence-electron chi connectivity index (χ4n) is 9.97. The fourth-order valence-corrected chi connectivity index (χ4v) is 9.97. The monoisotopic (exact) mass is 519 g/mol. The third kappa shape index (κ3) is 2.54. The highest BCUT2D eigenvalue weighted by molar-refractivity contribution is 5.86. The van der Waals surface area contributed by atoms with E-state index in [2.05, 4.69) is 70.8 Å². The standard InChI is InChI=1S/C32H41NO5/c1-17(2)15-23-36-24-26(28(3,4)37-23)35-22-12-13-29(5)30(6)18(11-14-31(29,34)32(22)27(24)38-32)16-20-19-9-7-8-10-21(19)33-25(20)30/h7-10,15,18,22-24,26-27,33-34H,11-14,16H2,1-6H3/t18-,22+,23+,24+,26-,27+,29+,30-,31+,32-/m0/s1. The molecule has 3 saturated heterocycles. The predicted octanol–water partition coefficient (Wildman–Crippen LogP) is 5.31. The topological polar surface area (TPSA) is 76.2 Å². The molecule has 3 aliphatic carbocycles. The Morgan fingerprint density at radius 2 is 1.79 bits per heavy atom. The largest absolute Gasteiger partial charge is 0.386 e. The number of rotatable bonds is 1. The van der Waals surface area contributed by atoms with E-state index in [1.807, 2.05) is 6.08 Å². The summed E-state index contributed by atoms with van der Waals surface area (Å²) in [6.45, 7) is 13.1. The van der Waals surface area contributed by atoms with E-state index in [9.17, 15) is 5.11 Å². The molecular formula is C32H41NO5. The van der Waals surface area contributed by atoms with Gasteiger partial charge in [0, 0.05) is 27.4 Å². The van der Waals surface area contributed by atoms with Crippen LogP contribution in [0.4, 0.5) is 0 Å². The number of ether oxygens (including phenoxy) is 4. The Bertz CT molecular complexity index is 1380.